The molecular weight excluding hydrogens is 430 g/mol. The number of hydrogen-bond donors (Lipinski definition) is 1. The van der Waals surface area contributed by atoms with Crippen LogP contribution in [-0.2, 0) is 26.2 Å². The van der Waals surface area contributed by atoms with Crippen molar-refractivity contribution in [2.45, 2.75) is 50.7 Å². The van der Waals surface area contributed by atoms with E-state index in [1.165, 1.54) is 37.6 Å². The second-order valence-electron chi connectivity index (χ2n) is 7.81. The Kier molecular flexibility index (Phi) is 5.70. The molecule has 2 aliphatic rings. The smallest absolute Gasteiger partial charge is 0.363 e. The van der Waals surface area contributed by atoms with Gasteiger partial charge in [0.1, 0.15) is 0 Å². The van der Waals surface area contributed by atoms with E-state index in [1.807, 2.05) is 16.8 Å². The van der Waals surface area contributed by atoms with Crippen LogP contribution in [0.5, 0.6) is 0 Å². The zero-order valence-electron chi connectivity index (χ0n) is 17.2. The molecular formula is C20H21F4N7O. The van der Waals surface area contributed by atoms with Gasteiger partial charge < -0.3 is 5.73 Å². The number of alkyl halides is 3. The maximum absolute atomic E-state index is 14.0. The van der Waals surface area contributed by atoms with E-state index < -0.39 is 23.7 Å². The molecule has 0 spiro atoms. The summed E-state index contributed by atoms with van der Waals surface area (Å²) in [4.78, 5) is 17.6. The van der Waals surface area contributed by atoms with Gasteiger partial charge in [0.2, 0.25) is 5.82 Å². The Hall–Kier alpha value is -3.31. The molecule has 1 aliphatic heterocycles. The molecule has 0 atom stereocenters. The Morgan fingerprint density at radius 1 is 1.19 bits per heavy atom. The highest BCUT2D eigenvalue weighted by Gasteiger charge is 2.37. The largest absolute Gasteiger partial charge is 0.453 e. The topological polar surface area (TPSA) is 105 Å². The Morgan fingerprint density at radius 2 is 1.94 bits per heavy atom. The standard InChI is InChI=1S/C15H16FN3.C5H5F3N4O/c16-13-9-17-14(10-4-5-10)8-12(13)15-7-11-3-1-2-6-19(11)18-15;1-12-3(2(9)13)10-4(11-12)5(6,7)8/h7-10H,1-6H2;1H3,(H2,9,13). The fourth-order valence-corrected chi connectivity index (χ4v) is 3.52. The number of nitrogens with two attached hydrogens (primary N) is 1. The summed E-state index contributed by atoms with van der Waals surface area (Å²) in [6.45, 7) is 0.956. The van der Waals surface area contributed by atoms with Crippen LogP contribution in [0, 0.1) is 5.82 Å². The third-order valence-corrected chi connectivity index (χ3v) is 5.30. The zero-order chi connectivity index (χ0) is 23.0. The average Bonchev–Trinajstić information content (AvgIpc) is 3.35. The molecule has 4 heterocycles. The minimum atomic E-state index is -4.66. The molecule has 1 aliphatic carbocycles. The Labute approximate surface area is 180 Å². The number of hydrogen-bond acceptors (Lipinski definition) is 5. The van der Waals surface area contributed by atoms with E-state index in [1.54, 1.807) is 0 Å². The summed E-state index contributed by atoms with van der Waals surface area (Å²) < 4.78 is 52.6. The van der Waals surface area contributed by atoms with E-state index in [0.717, 1.165) is 31.4 Å². The van der Waals surface area contributed by atoms with Gasteiger partial charge in [0.05, 0.1) is 11.9 Å². The number of pyridine rings is 1. The molecule has 0 unspecified atom stereocenters. The number of aryl methyl sites for hydroxylation is 3. The number of rotatable bonds is 3. The lowest BCUT2D eigenvalue weighted by molar-refractivity contribution is -0.144. The van der Waals surface area contributed by atoms with Crippen LogP contribution in [0.25, 0.3) is 11.3 Å². The Morgan fingerprint density at radius 3 is 2.50 bits per heavy atom. The van der Waals surface area contributed by atoms with Crippen molar-refractivity contribution in [1.29, 1.82) is 0 Å². The van der Waals surface area contributed by atoms with Crippen LogP contribution in [0.1, 0.15) is 59.4 Å². The van der Waals surface area contributed by atoms with Gasteiger partial charge in [-0.15, -0.1) is 5.10 Å². The summed E-state index contributed by atoms with van der Waals surface area (Å²) in [6.07, 6.45) is 2.47. The van der Waals surface area contributed by atoms with Crippen LogP contribution < -0.4 is 5.73 Å². The maximum Gasteiger partial charge on any atom is 0.453 e. The minimum absolute atomic E-state index is 0.264. The van der Waals surface area contributed by atoms with Crippen molar-refractivity contribution in [2.75, 3.05) is 0 Å². The van der Waals surface area contributed by atoms with Gasteiger partial charge in [-0.2, -0.15) is 23.3 Å². The third kappa shape index (κ3) is 4.63. The van der Waals surface area contributed by atoms with E-state index >= 15 is 0 Å². The highest BCUT2D eigenvalue weighted by Crippen LogP contribution is 2.40. The summed E-state index contributed by atoms with van der Waals surface area (Å²) >= 11 is 0. The number of halogens is 4. The number of carbonyl (C=O) groups is 1. The molecule has 1 fully saturated rings. The summed E-state index contributed by atoms with van der Waals surface area (Å²) in [5, 5.41) is 7.53. The summed E-state index contributed by atoms with van der Waals surface area (Å²) in [6, 6.07) is 3.93. The Bertz CT molecular complexity index is 1120. The van der Waals surface area contributed by atoms with Crippen molar-refractivity contribution in [3.8, 4) is 11.3 Å². The number of amides is 1. The van der Waals surface area contributed by atoms with Crippen LogP contribution in [0.15, 0.2) is 18.3 Å². The molecule has 3 aromatic rings. The van der Waals surface area contributed by atoms with Gasteiger partial charge >= 0.3 is 6.18 Å². The van der Waals surface area contributed by atoms with Crippen molar-refractivity contribution in [1.82, 2.24) is 29.5 Å². The van der Waals surface area contributed by atoms with E-state index in [-0.39, 0.29) is 5.82 Å². The first-order valence-corrected chi connectivity index (χ1v) is 10.1. The molecule has 0 aromatic carbocycles. The first-order chi connectivity index (χ1) is 15.1. The van der Waals surface area contributed by atoms with Crippen molar-refractivity contribution < 1.29 is 22.4 Å². The normalized spacial score (nSPS) is 15.7. The first-order valence-electron chi connectivity index (χ1n) is 10.1. The van der Waals surface area contributed by atoms with Crippen LogP contribution in [0.2, 0.25) is 0 Å². The number of carbonyl (C=O) groups excluding carboxylic acids is 1. The number of nitrogens with zero attached hydrogens (tertiary/aromatic N) is 6. The molecule has 32 heavy (non-hydrogen) atoms. The average molecular weight is 451 g/mol. The van der Waals surface area contributed by atoms with Crippen molar-refractivity contribution in [3.63, 3.8) is 0 Å². The minimum Gasteiger partial charge on any atom is -0.363 e. The van der Waals surface area contributed by atoms with Gasteiger partial charge in [-0.3, -0.25) is 14.5 Å². The lowest BCUT2D eigenvalue weighted by Gasteiger charge is -2.11. The van der Waals surface area contributed by atoms with Crippen molar-refractivity contribution in [3.05, 3.63) is 47.2 Å². The maximum atomic E-state index is 14.0. The lowest BCUT2D eigenvalue weighted by Crippen LogP contribution is -2.17. The quantitative estimate of drug-likeness (QED) is 0.616. The molecule has 3 aromatic heterocycles. The second-order valence-corrected chi connectivity index (χ2v) is 7.81. The molecule has 0 radical (unpaired) electrons. The predicted molar refractivity (Wildman–Crippen MR) is 105 cm³/mol. The monoisotopic (exact) mass is 451 g/mol. The predicted octanol–water partition coefficient (Wildman–Crippen LogP) is 3.23. The van der Waals surface area contributed by atoms with Gasteiger partial charge in [0, 0.05) is 36.5 Å². The Balaban J connectivity index is 0.000000166. The van der Waals surface area contributed by atoms with Crippen LogP contribution in [-0.4, -0.2) is 35.4 Å². The van der Waals surface area contributed by atoms with Crippen LogP contribution in [0.4, 0.5) is 17.6 Å². The second kappa shape index (κ2) is 8.32. The van der Waals surface area contributed by atoms with Gasteiger partial charge in [-0.25, -0.2) is 9.07 Å². The van der Waals surface area contributed by atoms with Crippen molar-refractivity contribution in [2.24, 2.45) is 12.8 Å². The fourth-order valence-electron chi connectivity index (χ4n) is 3.52. The molecule has 8 nitrogen and oxygen atoms in total. The van der Waals surface area contributed by atoms with Crippen LogP contribution in [0.3, 0.4) is 0 Å². The fraction of sp³-hybridized carbons (Fsp3) is 0.450. The summed E-state index contributed by atoms with van der Waals surface area (Å²) in [7, 11) is 1.16. The lowest BCUT2D eigenvalue weighted by atomic mass is 10.1. The number of primary amides is 1. The van der Waals surface area contributed by atoms with E-state index in [9.17, 15) is 22.4 Å². The third-order valence-electron chi connectivity index (χ3n) is 5.30. The van der Waals surface area contributed by atoms with Crippen LogP contribution >= 0.6 is 0 Å². The molecule has 1 amide bonds. The number of fused-ring (bicyclic) bond motifs is 1. The van der Waals surface area contributed by atoms with Gasteiger partial charge in [0.15, 0.2) is 5.82 Å². The first kappa shape index (κ1) is 21.9. The highest BCUT2D eigenvalue weighted by atomic mass is 19.4. The summed E-state index contributed by atoms with van der Waals surface area (Å²) in [5.41, 5.74) is 8.36. The van der Waals surface area contributed by atoms with Gasteiger partial charge in [-0.05, 0) is 44.2 Å². The molecule has 1 saturated carbocycles. The van der Waals surface area contributed by atoms with E-state index in [0.29, 0.717) is 16.2 Å². The molecule has 12 heteroatoms. The van der Waals surface area contributed by atoms with E-state index in [2.05, 4.69) is 20.2 Å². The zero-order valence-corrected chi connectivity index (χ0v) is 17.2. The van der Waals surface area contributed by atoms with Crippen molar-refractivity contribution >= 4 is 5.91 Å². The van der Waals surface area contributed by atoms with Gasteiger partial charge in [0.25, 0.3) is 11.7 Å². The van der Waals surface area contributed by atoms with E-state index in [4.69, 9.17) is 5.73 Å². The molecule has 5 rings (SSSR count). The highest BCUT2D eigenvalue weighted by molar-refractivity contribution is 5.88. The molecule has 0 saturated heterocycles. The SMILES string of the molecule is Cn1nc(C(F)(F)F)nc1C(N)=O.Fc1cnc(C2CC2)cc1-c1cc2n(n1)CCCC2. The summed E-state index contributed by atoms with van der Waals surface area (Å²) in [5.74, 6) is -2.67. The molecule has 2 N–H and O–H groups in total. The molecule has 0 bridgehead atoms. The molecule has 170 valence electrons. The van der Waals surface area contributed by atoms with Gasteiger partial charge in [-0.1, -0.05) is 0 Å². The number of aromatic nitrogens is 6.